The maximum absolute atomic E-state index is 11.8. The summed E-state index contributed by atoms with van der Waals surface area (Å²) in [6.07, 6.45) is 4.17. The molecule has 120 valence electrons. The predicted octanol–water partition coefficient (Wildman–Crippen LogP) is 2.37. The summed E-state index contributed by atoms with van der Waals surface area (Å²) in [5.41, 5.74) is 5.60. The second-order valence-electron chi connectivity index (χ2n) is 6.73. The van der Waals surface area contributed by atoms with Gasteiger partial charge in [-0.25, -0.2) is 8.42 Å². The molecule has 20 heavy (non-hydrogen) atoms. The predicted molar refractivity (Wildman–Crippen MR) is 83.5 cm³/mol. The van der Waals surface area contributed by atoms with Crippen molar-refractivity contribution < 1.29 is 13.2 Å². The van der Waals surface area contributed by atoms with Crippen molar-refractivity contribution in [1.29, 1.82) is 0 Å². The first-order chi connectivity index (χ1) is 9.22. The topological polar surface area (TPSA) is 69.4 Å². The first kappa shape index (κ1) is 17.9. The first-order valence-electron chi connectivity index (χ1n) is 7.78. The molecule has 5 heteroatoms. The Hall–Kier alpha value is -0.130. The van der Waals surface area contributed by atoms with E-state index in [2.05, 4.69) is 13.8 Å². The molecule has 0 aromatic heterocycles. The molecule has 0 saturated heterocycles. The van der Waals surface area contributed by atoms with Gasteiger partial charge in [0.25, 0.3) is 0 Å². The molecular weight excluding hydrogens is 274 g/mol. The Kier molecular flexibility index (Phi) is 6.48. The summed E-state index contributed by atoms with van der Waals surface area (Å²) in [6.45, 7) is 8.69. The summed E-state index contributed by atoms with van der Waals surface area (Å²) >= 11 is 0. The van der Waals surface area contributed by atoms with Crippen molar-refractivity contribution in [2.45, 2.75) is 64.2 Å². The van der Waals surface area contributed by atoms with Crippen molar-refractivity contribution in [3.8, 4) is 0 Å². The normalized spacial score (nSPS) is 28.2. The van der Waals surface area contributed by atoms with Crippen LogP contribution in [0, 0.1) is 11.8 Å². The van der Waals surface area contributed by atoms with Crippen LogP contribution in [0.15, 0.2) is 0 Å². The van der Waals surface area contributed by atoms with Crippen LogP contribution in [-0.2, 0) is 14.6 Å². The average Bonchev–Trinajstić information content (AvgIpc) is 2.38. The SMILES string of the molecule is CC(C)C1CCC(CN)(OCCS(=O)(=O)C(C)C)CC1. The Balaban J connectivity index is 2.48. The highest BCUT2D eigenvalue weighted by atomic mass is 32.2. The van der Waals surface area contributed by atoms with Gasteiger partial charge in [-0.3, -0.25) is 0 Å². The van der Waals surface area contributed by atoms with Gasteiger partial charge in [0.05, 0.1) is 23.2 Å². The van der Waals surface area contributed by atoms with Crippen molar-refractivity contribution in [3.63, 3.8) is 0 Å². The zero-order valence-corrected chi connectivity index (χ0v) is 14.2. The third kappa shape index (κ3) is 4.71. The summed E-state index contributed by atoms with van der Waals surface area (Å²) in [7, 11) is -3.02. The van der Waals surface area contributed by atoms with E-state index < -0.39 is 9.84 Å². The summed E-state index contributed by atoms with van der Waals surface area (Å²) < 4.78 is 29.5. The molecule has 0 atom stereocenters. The molecule has 1 rings (SSSR count). The van der Waals surface area contributed by atoms with Gasteiger partial charge in [0, 0.05) is 6.54 Å². The Morgan fingerprint density at radius 2 is 1.75 bits per heavy atom. The monoisotopic (exact) mass is 305 g/mol. The van der Waals surface area contributed by atoms with Crippen LogP contribution in [0.25, 0.3) is 0 Å². The van der Waals surface area contributed by atoms with E-state index in [9.17, 15) is 8.42 Å². The van der Waals surface area contributed by atoms with Gasteiger partial charge < -0.3 is 10.5 Å². The average molecular weight is 305 g/mol. The standard InChI is InChI=1S/C15H31NO3S/c1-12(2)14-5-7-15(11-16,8-6-14)19-9-10-20(17,18)13(3)4/h12-14H,5-11,16H2,1-4H3. The third-order valence-corrected chi connectivity index (χ3v) is 6.92. The first-order valence-corrected chi connectivity index (χ1v) is 9.49. The molecule has 0 unspecified atom stereocenters. The van der Waals surface area contributed by atoms with Crippen LogP contribution in [-0.4, -0.2) is 38.2 Å². The molecule has 0 aromatic rings. The fourth-order valence-corrected chi connectivity index (χ4v) is 3.64. The van der Waals surface area contributed by atoms with E-state index in [0.29, 0.717) is 12.5 Å². The molecule has 1 aliphatic rings. The Morgan fingerprint density at radius 1 is 1.20 bits per heavy atom. The summed E-state index contributed by atoms with van der Waals surface area (Å²) in [5.74, 6) is 1.55. The van der Waals surface area contributed by atoms with Crippen LogP contribution in [0.3, 0.4) is 0 Å². The van der Waals surface area contributed by atoms with Gasteiger partial charge in [-0.15, -0.1) is 0 Å². The third-order valence-electron chi connectivity index (χ3n) is 4.75. The lowest BCUT2D eigenvalue weighted by molar-refractivity contribution is -0.0683. The van der Waals surface area contributed by atoms with E-state index in [4.69, 9.17) is 10.5 Å². The minimum absolute atomic E-state index is 0.0972. The maximum atomic E-state index is 11.8. The molecule has 0 aromatic carbocycles. The number of hydrogen-bond donors (Lipinski definition) is 1. The second kappa shape index (κ2) is 7.23. The Morgan fingerprint density at radius 3 is 2.15 bits per heavy atom. The molecule has 1 saturated carbocycles. The van der Waals surface area contributed by atoms with E-state index in [1.165, 1.54) is 0 Å². The zero-order valence-electron chi connectivity index (χ0n) is 13.4. The molecule has 0 radical (unpaired) electrons. The molecule has 0 bridgehead atoms. The van der Waals surface area contributed by atoms with Gasteiger partial charge in [0.1, 0.15) is 0 Å². The lowest BCUT2D eigenvalue weighted by Gasteiger charge is -2.40. The van der Waals surface area contributed by atoms with Crippen LogP contribution in [0.2, 0.25) is 0 Å². The number of rotatable bonds is 7. The zero-order chi connectivity index (χ0) is 15.4. The Labute approximate surface area is 124 Å². The molecule has 4 nitrogen and oxygen atoms in total. The summed E-state index contributed by atoms with van der Waals surface area (Å²) in [4.78, 5) is 0. The van der Waals surface area contributed by atoms with Crippen molar-refractivity contribution in [3.05, 3.63) is 0 Å². The largest absolute Gasteiger partial charge is 0.373 e. The van der Waals surface area contributed by atoms with Gasteiger partial charge in [-0.1, -0.05) is 13.8 Å². The number of sulfone groups is 1. The highest BCUT2D eigenvalue weighted by Gasteiger charge is 2.36. The van der Waals surface area contributed by atoms with Crippen LogP contribution in [0.4, 0.5) is 0 Å². The summed E-state index contributed by atoms with van der Waals surface area (Å²) in [5, 5.41) is -0.336. The van der Waals surface area contributed by atoms with Crippen LogP contribution >= 0.6 is 0 Å². The number of nitrogens with two attached hydrogens (primary N) is 1. The lowest BCUT2D eigenvalue weighted by atomic mass is 9.74. The fraction of sp³-hybridized carbons (Fsp3) is 1.00. The molecule has 0 amide bonds. The van der Waals surface area contributed by atoms with Gasteiger partial charge >= 0.3 is 0 Å². The van der Waals surface area contributed by atoms with Crippen LogP contribution in [0.1, 0.15) is 53.4 Å². The molecule has 2 N–H and O–H groups in total. The highest BCUT2D eigenvalue weighted by Crippen LogP contribution is 2.37. The molecule has 0 heterocycles. The maximum Gasteiger partial charge on any atom is 0.154 e. The van der Waals surface area contributed by atoms with E-state index >= 15 is 0 Å². The molecule has 1 fully saturated rings. The van der Waals surface area contributed by atoms with Crippen molar-refractivity contribution in [2.24, 2.45) is 17.6 Å². The van der Waals surface area contributed by atoms with Gasteiger partial charge in [0.2, 0.25) is 0 Å². The van der Waals surface area contributed by atoms with Crippen molar-refractivity contribution >= 4 is 9.84 Å². The van der Waals surface area contributed by atoms with Crippen molar-refractivity contribution in [1.82, 2.24) is 0 Å². The van der Waals surface area contributed by atoms with E-state index in [0.717, 1.165) is 31.6 Å². The second-order valence-corrected chi connectivity index (χ2v) is 9.41. The minimum atomic E-state index is -3.02. The number of hydrogen-bond acceptors (Lipinski definition) is 4. The van der Waals surface area contributed by atoms with Gasteiger partial charge in [0.15, 0.2) is 9.84 Å². The fourth-order valence-electron chi connectivity index (χ4n) is 2.85. The molecule has 0 spiro atoms. The summed E-state index contributed by atoms with van der Waals surface area (Å²) in [6, 6.07) is 0. The molecule has 0 aliphatic heterocycles. The van der Waals surface area contributed by atoms with Gasteiger partial charge in [-0.2, -0.15) is 0 Å². The molecule has 1 aliphatic carbocycles. The minimum Gasteiger partial charge on any atom is -0.373 e. The van der Waals surface area contributed by atoms with Crippen molar-refractivity contribution in [2.75, 3.05) is 18.9 Å². The van der Waals surface area contributed by atoms with Crippen LogP contribution in [0.5, 0.6) is 0 Å². The lowest BCUT2D eigenvalue weighted by Crippen LogP contribution is -2.45. The van der Waals surface area contributed by atoms with E-state index in [1.807, 2.05) is 0 Å². The Bertz CT molecular complexity index is 382. The smallest absolute Gasteiger partial charge is 0.154 e. The molecular formula is C15H31NO3S. The number of ether oxygens (including phenoxy) is 1. The van der Waals surface area contributed by atoms with E-state index in [1.54, 1.807) is 13.8 Å². The highest BCUT2D eigenvalue weighted by molar-refractivity contribution is 7.91. The van der Waals surface area contributed by atoms with Crippen LogP contribution < -0.4 is 5.73 Å². The van der Waals surface area contributed by atoms with Gasteiger partial charge in [-0.05, 0) is 51.4 Å². The van der Waals surface area contributed by atoms with E-state index in [-0.39, 0.29) is 23.2 Å². The quantitative estimate of drug-likeness (QED) is 0.784.